The summed E-state index contributed by atoms with van der Waals surface area (Å²) in [6.07, 6.45) is 3.06. The first-order valence-electron chi connectivity index (χ1n) is 10.2. The molecule has 0 radical (unpaired) electrons. The zero-order valence-corrected chi connectivity index (χ0v) is 16.9. The third-order valence-corrected chi connectivity index (χ3v) is 5.29. The SMILES string of the molecule is O=C(COc1coc(CN2CCOCC2)cc1=O)N1CCN(c2ccccn2)CC1. The van der Waals surface area contributed by atoms with Gasteiger partial charge in [-0.15, -0.1) is 0 Å². The van der Waals surface area contributed by atoms with E-state index in [0.29, 0.717) is 51.7 Å². The van der Waals surface area contributed by atoms with Gasteiger partial charge in [0.25, 0.3) is 5.91 Å². The van der Waals surface area contributed by atoms with Crippen LogP contribution in [0.2, 0.25) is 0 Å². The molecule has 0 aromatic carbocycles. The van der Waals surface area contributed by atoms with Gasteiger partial charge in [-0.25, -0.2) is 4.98 Å². The Bertz CT molecular complexity index is 890. The maximum Gasteiger partial charge on any atom is 0.260 e. The van der Waals surface area contributed by atoms with E-state index in [1.54, 1.807) is 11.1 Å². The molecular formula is C21H26N4O5. The first-order valence-corrected chi connectivity index (χ1v) is 10.2. The largest absolute Gasteiger partial charge is 0.477 e. The molecule has 2 saturated heterocycles. The van der Waals surface area contributed by atoms with Gasteiger partial charge in [-0.05, 0) is 12.1 Å². The number of hydrogen-bond acceptors (Lipinski definition) is 8. The molecule has 9 heteroatoms. The van der Waals surface area contributed by atoms with Crippen LogP contribution < -0.4 is 15.1 Å². The van der Waals surface area contributed by atoms with Crippen molar-refractivity contribution >= 4 is 11.7 Å². The van der Waals surface area contributed by atoms with E-state index in [4.69, 9.17) is 13.9 Å². The van der Waals surface area contributed by atoms with Crippen molar-refractivity contribution in [3.63, 3.8) is 0 Å². The van der Waals surface area contributed by atoms with Gasteiger partial charge in [-0.2, -0.15) is 0 Å². The van der Waals surface area contributed by atoms with Gasteiger partial charge in [0.05, 0.1) is 19.8 Å². The molecule has 0 saturated carbocycles. The normalized spacial score (nSPS) is 17.7. The zero-order valence-electron chi connectivity index (χ0n) is 16.9. The highest BCUT2D eigenvalue weighted by atomic mass is 16.5. The molecule has 0 unspecified atom stereocenters. The Morgan fingerprint density at radius 3 is 2.60 bits per heavy atom. The minimum absolute atomic E-state index is 0.0567. The second kappa shape index (κ2) is 9.73. The molecule has 2 aromatic rings. The summed E-state index contributed by atoms with van der Waals surface area (Å²) in [6.45, 7) is 5.96. The van der Waals surface area contributed by atoms with Crippen LogP contribution in [0.25, 0.3) is 0 Å². The molecule has 2 fully saturated rings. The minimum atomic E-state index is -0.280. The fraction of sp³-hybridized carbons (Fsp3) is 0.476. The van der Waals surface area contributed by atoms with Gasteiger partial charge in [0, 0.05) is 51.5 Å². The van der Waals surface area contributed by atoms with Crippen LogP contribution in [0, 0.1) is 0 Å². The lowest BCUT2D eigenvalue weighted by molar-refractivity contribution is -0.133. The van der Waals surface area contributed by atoms with Crippen molar-refractivity contribution in [2.45, 2.75) is 6.54 Å². The van der Waals surface area contributed by atoms with Crippen LogP contribution in [0.3, 0.4) is 0 Å². The summed E-state index contributed by atoms with van der Waals surface area (Å²) in [7, 11) is 0. The number of rotatable bonds is 6. The number of aromatic nitrogens is 1. The minimum Gasteiger partial charge on any atom is -0.477 e. The van der Waals surface area contributed by atoms with E-state index in [-0.39, 0.29) is 23.7 Å². The Morgan fingerprint density at radius 1 is 1.10 bits per heavy atom. The van der Waals surface area contributed by atoms with Crippen molar-refractivity contribution in [2.75, 3.05) is 64.0 Å². The highest BCUT2D eigenvalue weighted by Gasteiger charge is 2.22. The fourth-order valence-corrected chi connectivity index (χ4v) is 3.56. The number of anilines is 1. The molecule has 30 heavy (non-hydrogen) atoms. The zero-order chi connectivity index (χ0) is 20.8. The van der Waals surface area contributed by atoms with Gasteiger partial charge < -0.3 is 23.7 Å². The van der Waals surface area contributed by atoms with E-state index in [2.05, 4.69) is 14.8 Å². The molecule has 0 aliphatic carbocycles. The molecule has 2 aromatic heterocycles. The van der Waals surface area contributed by atoms with Crippen molar-refractivity contribution < 1.29 is 18.7 Å². The van der Waals surface area contributed by atoms with Gasteiger partial charge in [-0.3, -0.25) is 14.5 Å². The maximum atomic E-state index is 12.5. The van der Waals surface area contributed by atoms with Crippen LogP contribution in [0.4, 0.5) is 5.82 Å². The lowest BCUT2D eigenvalue weighted by atomic mass is 10.3. The standard InChI is InChI=1S/C21H26N4O5/c26-18-13-17(14-23-9-11-28-12-10-23)29-15-19(18)30-16-21(27)25-7-5-24(6-8-25)20-3-1-2-4-22-20/h1-4,13,15H,5-12,14,16H2. The smallest absolute Gasteiger partial charge is 0.260 e. The number of carbonyl (C=O) groups excluding carboxylic acids is 1. The first kappa shape index (κ1) is 20.4. The molecule has 1 amide bonds. The third-order valence-electron chi connectivity index (χ3n) is 5.29. The maximum absolute atomic E-state index is 12.5. The molecule has 0 N–H and O–H groups in total. The Morgan fingerprint density at radius 2 is 1.90 bits per heavy atom. The van der Waals surface area contributed by atoms with Crippen LogP contribution in [-0.2, 0) is 16.1 Å². The van der Waals surface area contributed by atoms with E-state index in [1.807, 2.05) is 18.2 Å². The van der Waals surface area contributed by atoms with Crippen molar-refractivity contribution in [2.24, 2.45) is 0 Å². The Balaban J connectivity index is 1.25. The molecular weight excluding hydrogens is 388 g/mol. The quantitative estimate of drug-likeness (QED) is 0.679. The van der Waals surface area contributed by atoms with E-state index >= 15 is 0 Å². The van der Waals surface area contributed by atoms with Crippen molar-refractivity contribution in [3.05, 3.63) is 52.7 Å². The highest BCUT2D eigenvalue weighted by Crippen LogP contribution is 2.13. The molecule has 2 aliphatic heterocycles. The number of hydrogen-bond donors (Lipinski definition) is 0. The summed E-state index contributed by atoms with van der Waals surface area (Å²) in [5.74, 6) is 1.40. The second-order valence-corrected chi connectivity index (χ2v) is 7.31. The second-order valence-electron chi connectivity index (χ2n) is 7.31. The molecule has 9 nitrogen and oxygen atoms in total. The number of nitrogens with zero attached hydrogens (tertiary/aromatic N) is 4. The van der Waals surface area contributed by atoms with Crippen molar-refractivity contribution in [3.8, 4) is 5.75 Å². The van der Waals surface area contributed by atoms with E-state index < -0.39 is 0 Å². The van der Waals surface area contributed by atoms with Gasteiger partial charge in [-0.1, -0.05) is 6.07 Å². The van der Waals surface area contributed by atoms with Gasteiger partial charge in [0.1, 0.15) is 17.8 Å². The summed E-state index contributed by atoms with van der Waals surface area (Å²) >= 11 is 0. The summed E-state index contributed by atoms with van der Waals surface area (Å²) in [5.41, 5.74) is -0.280. The highest BCUT2D eigenvalue weighted by molar-refractivity contribution is 5.78. The predicted octanol–water partition coefficient (Wildman–Crippen LogP) is 0.595. The number of amides is 1. The van der Waals surface area contributed by atoms with Crippen LogP contribution in [0.5, 0.6) is 5.75 Å². The Kier molecular flexibility index (Phi) is 6.60. The van der Waals surface area contributed by atoms with Crippen molar-refractivity contribution in [1.82, 2.24) is 14.8 Å². The molecule has 0 bridgehead atoms. The molecule has 4 heterocycles. The average Bonchev–Trinajstić information content (AvgIpc) is 2.80. The summed E-state index contributed by atoms with van der Waals surface area (Å²) in [4.78, 5) is 35.2. The Hall–Kier alpha value is -2.91. The monoisotopic (exact) mass is 414 g/mol. The number of carbonyl (C=O) groups is 1. The topological polar surface area (TPSA) is 88.3 Å². The lowest BCUT2D eigenvalue weighted by Gasteiger charge is -2.35. The number of pyridine rings is 1. The third kappa shape index (κ3) is 5.17. The van der Waals surface area contributed by atoms with Gasteiger partial charge in [0.2, 0.25) is 11.2 Å². The number of piperazine rings is 1. The average molecular weight is 414 g/mol. The van der Waals surface area contributed by atoms with Gasteiger partial charge >= 0.3 is 0 Å². The Labute approximate surface area is 174 Å². The fourth-order valence-electron chi connectivity index (χ4n) is 3.56. The number of ether oxygens (including phenoxy) is 2. The molecule has 160 valence electrons. The van der Waals surface area contributed by atoms with Crippen LogP contribution in [0.1, 0.15) is 5.76 Å². The summed E-state index contributed by atoms with van der Waals surface area (Å²) < 4.78 is 16.3. The molecule has 2 aliphatic rings. The van der Waals surface area contributed by atoms with Crippen LogP contribution >= 0.6 is 0 Å². The van der Waals surface area contributed by atoms with Gasteiger partial charge in [0.15, 0.2) is 6.61 Å². The molecule has 0 atom stereocenters. The van der Waals surface area contributed by atoms with Crippen LogP contribution in [0.15, 0.2) is 45.9 Å². The van der Waals surface area contributed by atoms with E-state index in [0.717, 1.165) is 18.9 Å². The van der Waals surface area contributed by atoms with Crippen molar-refractivity contribution in [1.29, 1.82) is 0 Å². The molecule has 0 spiro atoms. The predicted molar refractivity (Wildman–Crippen MR) is 110 cm³/mol. The summed E-state index contributed by atoms with van der Waals surface area (Å²) in [5, 5.41) is 0. The first-order chi connectivity index (χ1) is 14.7. The van der Waals surface area contributed by atoms with Crippen LogP contribution in [-0.4, -0.2) is 79.8 Å². The summed E-state index contributed by atoms with van der Waals surface area (Å²) in [6, 6.07) is 7.22. The lowest BCUT2D eigenvalue weighted by Crippen LogP contribution is -2.50. The number of morpholine rings is 1. The van der Waals surface area contributed by atoms with E-state index in [1.165, 1.54) is 12.3 Å². The van der Waals surface area contributed by atoms with E-state index in [9.17, 15) is 9.59 Å². The molecule has 4 rings (SSSR count).